The summed E-state index contributed by atoms with van der Waals surface area (Å²) < 4.78 is 10.2. The number of methoxy groups -OCH3 is 1. The molecule has 0 fully saturated rings. The van der Waals surface area contributed by atoms with Gasteiger partial charge in [-0.1, -0.05) is 223 Å². The first-order chi connectivity index (χ1) is 47.7. The van der Waals surface area contributed by atoms with Crippen LogP contribution in [-0.4, -0.2) is 131 Å². The van der Waals surface area contributed by atoms with Crippen LogP contribution in [0.1, 0.15) is 145 Å². The Labute approximate surface area is 577 Å². The molecule has 22 nitrogen and oxygen atoms in total. The van der Waals surface area contributed by atoms with Crippen LogP contribution in [0.4, 0.5) is 4.79 Å². The summed E-state index contributed by atoms with van der Waals surface area (Å²) in [6.07, 6.45) is 5.62. The average Bonchev–Trinajstić information content (AvgIpc) is 1.68. The molecule has 1 aliphatic rings. The first-order valence-corrected chi connectivity index (χ1v) is 33.8. The van der Waals surface area contributed by atoms with Crippen molar-refractivity contribution in [2.24, 2.45) is 5.92 Å². The summed E-state index contributed by atoms with van der Waals surface area (Å²) in [6, 6.07) is 43.8. The van der Waals surface area contributed by atoms with Crippen LogP contribution < -0.4 is 37.2 Å². The van der Waals surface area contributed by atoms with Gasteiger partial charge in [-0.15, -0.1) is 0 Å². The van der Waals surface area contributed by atoms with Crippen LogP contribution in [0.2, 0.25) is 0 Å². The first-order valence-electron chi connectivity index (χ1n) is 33.8. The fourth-order valence-corrected chi connectivity index (χ4v) is 12.1. The minimum Gasteiger partial charge on any atom is -0.480 e. The number of aliphatic hydroxyl groups is 1. The third-order valence-electron chi connectivity index (χ3n) is 17.6. The molecular formula is C77H92N8O14. The number of H-pyrrole nitrogens is 1. The van der Waals surface area contributed by atoms with E-state index in [0.717, 1.165) is 78.8 Å². The number of aliphatic hydroxyl groups excluding tert-OH is 1. The summed E-state index contributed by atoms with van der Waals surface area (Å²) >= 11 is 0. The molecule has 0 aliphatic heterocycles. The number of esters is 1. The number of aromatic nitrogens is 1. The van der Waals surface area contributed by atoms with Crippen LogP contribution in [0.3, 0.4) is 0 Å². The minimum absolute atomic E-state index is 0.0158. The molecule has 0 saturated heterocycles. The molecule has 7 unspecified atom stereocenters. The van der Waals surface area contributed by atoms with Crippen LogP contribution >= 0.6 is 0 Å². The number of aromatic amines is 1. The fraction of sp³-hybridized carbons (Fsp3) is 0.377. The van der Waals surface area contributed by atoms with Crippen LogP contribution in [0.5, 0.6) is 0 Å². The lowest BCUT2D eigenvalue weighted by Gasteiger charge is -2.37. The Bertz CT molecular complexity index is 3720. The number of carboxylic acid groups (broad SMARTS) is 1. The molecule has 22 heteroatoms. The zero-order valence-corrected chi connectivity index (χ0v) is 57.0. The first kappa shape index (κ1) is 75.9. The second-order valence-electron chi connectivity index (χ2n) is 24.9. The zero-order valence-electron chi connectivity index (χ0n) is 57.0. The Morgan fingerprint density at radius 3 is 1.60 bits per heavy atom. The molecular weight excluding hydrogens is 1260 g/mol. The molecule has 7 aromatic rings. The molecule has 0 radical (unpaired) electrons. The number of carbonyl (C=O) groups is 10. The number of benzene rings is 6. The van der Waals surface area contributed by atoms with Gasteiger partial charge in [-0.25, -0.2) is 9.59 Å². The number of amides is 7. The zero-order chi connectivity index (χ0) is 71.4. The molecule has 7 amide bonds. The van der Waals surface area contributed by atoms with Gasteiger partial charge in [0.2, 0.25) is 35.4 Å². The van der Waals surface area contributed by atoms with Gasteiger partial charge in [0.1, 0.15) is 48.1 Å². The van der Waals surface area contributed by atoms with Crippen LogP contribution in [0, 0.1) is 5.92 Å². The van der Waals surface area contributed by atoms with E-state index in [4.69, 9.17) is 9.47 Å². The van der Waals surface area contributed by atoms with Gasteiger partial charge in [0.25, 0.3) is 0 Å². The van der Waals surface area contributed by atoms with Crippen molar-refractivity contribution in [2.45, 2.75) is 159 Å². The van der Waals surface area contributed by atoms with E-state index in [0.29, 0.717) is 35.1 Å². The summed E-state index contributed by atoms with van der Waals surface area (Å²) in [5, 5.41) is 39.0. The highest BCUT2D eigenvalue weighted by Crippen LogP contribution is 2.44. The number of Topliss-reactive ketones (excluding diaryl/α,β-unsaturated/α-hetero) is 1. The Morgan fingerprint density at radius 1 is 0.556 bits per heavy atom. The third-order valence-corrected chi connectivity index (χ3v) is 17.6. The predicted octanol–water partition coefficient (Wildman–Crippen LogP) is 8.96. The van der Waals surface area contributed by atoms with E-state index in [-0.39, 0.29) is 37.2 Å². The molecule has 10 N–H and O–H groups in total. The van der Waals surface area contributed by atoms with Gasteiger partial charge in [-0.2, -0.15) is 0 Å². The van der Waals surface area contributed by atoms with Gasteiger partial charge in [0.05, 0.1) is 32.6 Å². The summed E-state index contributed by atoms with van der Waals surface area (Å²) in [7, 11) is 1.06. The maximum Gasteiger partial charge on any atom is 0.407 e. The highest BCUT2D eigenvalue weighted by Gasteiger charge is 2.41. The SMILES string of the molecule is CCC(C)C(NC(=O)OCC1c2ccccc2-c2ccccc21)C(=O)O.CCCCCCCCCC(=O)NC(Cc1c[nH]c2ccccc12)C(=O)NC(CC(=O)NC(c1ccccc1)(c1ccccc1)c1ccccc1)C(=O)NC(CC(=O)OC)C(=O)NC(C(=O)NCC(C)=O)C(C)O. The predicted molar refractivity (Wildman–Crippen MR) is 375 cm³/mol. The van der Waals surface area contributed by atoms with Crippen molar-refractivity contribution in [1.82, 2.24) is 42.2 Å². The van der Waals surface area contributed by atoms with Crippen molar-refractivity contribution in [3.05, 3.63) is 203 Å². The molecule has 1 heterocycles. The number of hydrogen-bond acceptors (Lipinski definition) is 13. The van der Waals surface area contributed by atoms with E-state index in [1.807, 2.05) is 159 Å². The molecule has 524 valence electrons. The largest absolute Gasteiger partial charge is 0.480 e. The summed E-state index contributed by atoms with van der Waals surface area (Å²) in [4.78, 5) is 136. The van der Waals surface area contributed by atoms with Gasteiger partial charge in [-0.05, 0) is 76.8 Å². The number of fused-ring (bicyclic) bond motifs is 4. The summed E-state index contributed by atoms with van der Waals surface area (Å²) in [6.45, 7) is 8.05. The number of unbranched alkanes of at least 4 members (excludes halogenated alkanes) is 6. The van der Waals surface area contributed by atoms with Crippen molar-refractivity contribution in [1.29, 1.82) is 0 Å². The Kier molecular flexibility index (Phi) is 29.0. The van der Waals surface area contributed by atoms with E-state index in [1.165, 1.54) is 13.8 Å². The molecule has 6 aromatic carbocycles. The second-order valence-corrected chi connectivity index (χ2v) is 24.9. The minimum atomic E-state index is -1.79. The van der Waals surface area contributed by atoms with E-state index >= 15 is 0 Å². The Balaban J connectivity index is 0.000000439. The summed E-state index contributed by atoms with van der Waals surface area (Å²) in [5.74, 6) is -7.67. The number of carboxylic acids is 1. The molecule has 8 rings (SSSR count). The van der Waals surface area contributed by atoms with Crippen molar-refractivity contribution >= 4 is 70.2 Å². The van der Waals surface area contributed by atoms with Gasteiger partial charge >= 0.3 is 18.0 Å². The average molecular weight is 1350 g/mol. The maximum absolute atomic E-state index is 14.9. The van der Waals surface area contributed by atoms with Gasteiger partial charge in [-0.3, -0.25) is 38.4 Å². The summed E-state index contributed by atoms with van der Waals surface area (Å²) in [5.41, 5.74) is 6.70. The molecule has 0 bridgehead atoms. The topological polar surface area (TPSA) is 330 Å². The quantitative estimate of drug-likeness (QED) is 0.0101. The molecule has 7 atom stereocenters. The second kappa shape index (κ2) is 37.9. The van der Waals surface area contributed by atoms with Crippen molar-refractivity contribution in [2.75, 3.05) is 20.3 Å². The number of carbonyl (C=O) groups excluding carboxylic acids is 9. The van der Waals surface area contributed by atoms with E-state index < -0.39 is 115 Å². The lowest BCUT2D eigenvalue weighted by Crippen LogP contribution is -2.61. The van der Waals surface area contributed by atoms with Crippen molar-refractivity contribution < 1.29 is 67.6 Å². The van der Waals surface area contributed by atoms with E-state index in [1.54, 1.807) is 13.1 Å². The molecule has 0 spiro atoms. The van der Waals surface area contributed by atoms with Gasteiger partial charge < -0.3 is 61.9 Å². The smallest absolute Gasteiger partial charge is 0.407 e. The molecule has 0 saturated carbocycles. The number of rotatable bonds is 35. The number of alkyl carbamates (subject to hydrolysis) is 1. The fourth-order valence-electron chi connectivity index (χ4n) is 12.1. The third kappa shape index (κ3) is 21.3. The Morgan fingerprint density at radius 2 is 1.06 bits per heavy atom. The van der Waals surface area contributed by atoms with Gasteiger partial charge in [0, 0.05) is 35.9 Å². The molecule has 1 aliphatic carbocycles. The number of nitrogens with one attached hydrogen (secondary N) is 8. The van der Waals surface area contributed by atoms with Crippen LogP contribution in [0.25, 0.3) is 22.0 Å². The number of hydrogen-bond donors (Lipinski definition) is 10. The van der Waals surface area contributed by atoms with Crippen LogP contribution in [0.15, 0.2) is 170 Å². The van der Waals surface area contributed by atoms with Gasteiger partial charge in [0.15, 0.2) is 0 Å². The van der Waals surface area contributed by atoms with Crippen molar-refractivity contribution in [3.63, 3.8) is 0 Å². The highest BCUT2D eigenvalue weighted by atomic mass is 16.5. The van der Waals surface area contributed by atoms with Crippen LogP contribution in [-0.2, 0) is 64.6 Å². The lowest BCUT2D eigenvalue weighted by molar-refractivity contribution is -0.144. The highest BCUT2D eigenvalue weighted by molar-refractivity contribution is 5.99. The molecule has 1 aromatic heterocycles. The monoisotopic (exact) mass is 1350 g/mol. The van der Waals surface area contributed by atoms with E-state index in [2.05, 4.69) is 61.3 Å². The number of ether oxygens (including phenoxy) is 2. The maximum atomic E-state index is 14.9. The lowest BCUT2D eigenvalue weighted by atomic mass is 9.77. The number of aliphatic carboxylic acids is 1. The molecule has 99 heavy (non-hydrogen) atoms. The van der Waals surface area contributed by atoms with E-state index in [9.17, 15) is 58.2 Å². The standard InChI is InChI=1S/C56H69N7O10.C21H23NO4/c1-5-6-7-8-9-10-20-31-48(66)59-45(32-39-36-57-44-30-22-21-29-43(39)44)52(69)60-46(53(70)61-47(34-50(68)73-4)54(71)62-51(38(3)65)55(72)58-35-37(2)64)33-49(67)63-56(40-23-14-11-15-24-40,41-25-16-12-17-26-41)42-27-18-13-19-28-42;1-3-13(2)19(20(23)24)22-21(25)26-12-18-16-10-6-4-8-14(16)15-9-5-7-11-17(15)18/h11-19,21-30,36,38,45-47,51,57,65H,5-10,20,31-35H2,1-4H3,(H,58,72)(H,59,66)(H,60,69)(H,61,70)(H,62,71)(H,63,67);4-11,13,18-19H,3,12H2,1-2H3,(H,22,25)(H,23,24). The normalized spacial score (nSPS) is 13.7. The van der Waals surface area contributed by atoms with Crippen molar-refractivity contribution in [3.8, 4) is 11.1 Å². The Hall–Kier alpha value is -10.5. The number of ketones is 1. The number of para-hydroxylation sites is 1.